The van der Waals surface area contributed by atoms with Gasteiger partial charge >= 0.3 is 0 Å². The van der Waals surface area contributed by atoms with Gasteiger partial charge in [0.05, 0.1) is 5.69 Å². The van der Waals surface area contributed by atoms with Crippen LogP contribution in [0.15, 0.2) is 59.9 Å². The molecule has 6 heteroatoms. The Morgan fingerprint density at radius 1 is 1.12 bits per heavy atom. The van der Waals surface area contributed by atoms with Gasteiger partial charge in [-0.15, -0.1) is 0 Å². The second-order valence-electron chi connectivity index (χ2n) is 5.89. The molecule has 0 atom stereocenters. The minimum absolute atomic E-state index is 0.206. The predicted molar refractivity (Wildman–Crippen MR) is 103 cm³/mol. The number of halogens is 1. The third-order valence-electron chi connectivity index (χ3n) is 4.31. The highest BCUT2D eigenvalue weighted by atomic mass is 32.1. The molecule has 2 heterocycles. The molecule has 0 unspecified atom stereocenters. The summed E-state index contributed by atoms with van der Waals surface area (Å²) in [6, 6.07) is 13.4. The summed E-state index contributed by atoms with van der Waals surface area (Å²) in [4.78, 5) is 13.6. The minimum Gasteiger partial charge on any atom is -0.264 e. The number of benzene rings is 2. The number of pyridine rings is 1. The lowest BCUT2D eigenvalue weighted by Gasteiger charge is -2.09. The Morgan fingerprint density at radius 2 is 2.00 bits per heavy atom. The molecule has 130 valence electrons. The summed E-state index contributed by atoms with van der Waals surface area (Å²) in [5, 5.41) is 2.16. The molecule has 26 heavy (non-hydrogen) atoms. The van der Waals surface area contributed by atoms with Crippen molar-refractivity contribution in [2.45, 2.75) is 13.3 Å². The zero-order valence-electron chi connectivity index (χ0n) is 14.5. The van der Waals surface area contributed by atoms with E-state index in [0.29, 0.717) is 22.6 Å². The number of hydrogen-bond donors (Lipinski definition) is 0. The molecule has 0 aliphatic rings. The Bertz CT molecular complexity index is 1160. The van der Waals surface area contributed by atoms with Gasteiger partial charge in [-0.05, 0) is 53.2 Å². The average molecular weight is 364 g/mol. The number of aromatic nitrogens is 3. The van der Waals surface area contributed by atoms with Gasteiger partial charge in [0.15, 0.2) is 5.82 Å². The third-order valence-corrected chi connectivity index (χ3v) is 5.31. The zero-order valence-corrected chi connectivity index (χ0v) is 15.3. The fourth-order valence-electron chi connectivity index (χ4n) is 2.90. The molecular weight excluding hydrogens is 347 g/mol. The van der Waals surface area contributed by atoms with Crippen molar-refractivity contribution < 1.29 is 4.39 Å². The minimum atomic E-state index is -0.206. The SMILES string of the molecule is CCc1ccc(-c2nc(=NC)sn2-c2ccc3ccncc3c2)cc1F. The molecule has 0 aliphatic heterocycles. The van der Waals surface area contributed by atoms with Crippen molar-refractivity contribution >= 4 is 22.3 Å². The summed E-state index contributed by atoms with van der Waals surface area (Å²) < 4.78 is 16.3. The lowest BCUT2D eigenvalue weighted by molar-refractivity contribution is 0.612. The van der Waals surface area contributed by atoms with Crippen LogP contribution in [0.2, 0.25) is 0 Å². The van der Waals surface area contributed by atoms with Crippen LogP contribution < -0.4 is 4.80 Å². The van der Waals surface area contributed by atoms with Gasteiger partial charge in [-0.2, -0.15) is 4.98 Å². The maximum Gasteiger partial charge on any atom is 0.222 e. The molecule has 0 amide bonds. The van der Waals surface area contributed by atoms with Crippen molar-refractivity contribution in [1.29, 1.82) is 0 Å². The molecule has 0 bridgehead atoms. The van der Waals surface area contributed by atoms with E-state index in [2.05, 4.69) is 21.0 Å². The Morgan fingerprint density at radius 3 is 2.77 bits per heavy atom. The van der Waals surface area contributed by atoms with Crippen LogP contribution in [0.4, 0.5) is 4.39 Å². The number of hydrogen-bond acceptors (Lipinski definition) is 4. The first kappa shape index (κ1) is 16.6. The monoisotopic (exact) mass is 364 g/mol. The van der Waals surface area contributed by atoms with E-state index in [4.69, 9.17) is 0 Å². The molecule has 2 aromatic heterocycles. The van der Waals surface area contributed by atoms with Crippen molar-refractivity contribution in [1.82, 2.24) is 13.9 Å². The quantitative estimate of drug-likeness (QED) is 0.541. The van der Waals surface area contributed by atoms with Crippen LogP contribution in [0.25, 0.3) is 27.8 Å². The summed E-state index contributed by atoms with van der Waals surface area (Å²) in [5.41, 5.74) is 2.39. The fourth-order valence-corrected chi connectivity index (χ4v) is 3.72. The van der Waals surface area contributed by atoms with Crippen LogP contribution >= 0.6 is 11.5 Å². The lowest BCUT2D eigenvalue weighted by Crippen LogP contribution is -1.98. The highest BCUT2D eigenvalue weighted by Crippen LogP contribution is 2.26. The summed E-state index contributed by atoms with van der Waals surface area (Å²) in [5.74, 6) is 0.475. The molecule has 0 spiro atoms. The molecule has 0 saturated carbocycles. The van der Waals surface area contributed by atoms with Gasteiger partial charge in [-0.25, -0.2) is 8.35 Å². The van der Waals surface area contributed by atoms with Crippen molar-refractivity contribution in [3.63, 3.8) is 0 Å². The fraction of sp³-hybridized carbons (Fsp3) is 0.150. The Hall–Kier alpha value is -2.86. The van der Waals surface area contributed by atoms with E-state index in [-0.39, 0.29) is 5.82 Å². The molecule has 0 fully saturated rings. The van der Waals surface area contributed by atoms with E-state index >= 15 is 0 Å². The van der Waals surface area contributed by atoms with Gasteiger partial charge in [-0.3, -0.25) is 9.98 Å². The summed E-state index contributed by atoms with van der Waals surface area (Å²) >= 11 is 1.43. The molecular formula is C20H17FN4S. The maximum absolute atomic E-state index is 14.3. The molecule has 2 aromatic carbocycles. The normalized spacial score (nSPS) is 12.0. The van der Waals surface area contributed by atoms with Gasteiger partial charge in [0.1, 0.15) is 5.82 Å². The molecule has 0 saturated heterocycles. The number of aryl methyl sites for hydroxylation is 1. The van der Waals surface area contributed by atoms with Gasteiger partial charge in [0, 0.05) is 30.4 Å². The van der Waals surface area contributed by atoms with Crippen LogP contribution in [0.1, 0.15) is 12.5 Å². The summed E-state index contributed by atoms with van der Waals surface area (Å²) in [6.07, 6.45) is 4.27. The number of fused-ring (bicyclic) bond motifs is 1. The Kier molecular flexibility index (Phi) is 4.34. The highest BCUT2D eigenvalue weighted by molar-refractivity contribution is 7.04. The highest BCUT2D eigenvalue weighted by Gasteiger charge is 2.13. The second-order valence-corrected chi connectivity index (χ2v) is 6.81. The summed E-state index contributed by atoms with van der Waals surface area (Å²) in [7, 11) is 1.71. The van der Waals surface area contributed by atoms with Crippen molar-refractivity contribution in [2.24, 2.45) is 4.99 Å². The predicted octanol–water partition coefficient (Wildman–Crippen LogP) is 4.38. The smallest absolute Gasteiger partial charge is 0.222 e. The van der Waals surface area contributed by atoms with Crippen molar-refractivity contribution in [2.75, 3.05) is 7.05 Å². The number of nitrogens with zero attached hydrogens (tertiary/aromatic N) is 4. The molecule has 0 radical (unpaired) electrons. The van der Waals surface area contributed by atoms with Crippen LogP contribution in [0.3, 0.4) is 0 Å². The van der Waals surface area contributed by atoms with Crippen molar-refractivity contribution in [3.8, 4) is 17.1 Å². The van der Waals surface area contributed by atoms with Crippen molar-refractivity contribution in [3.05, 3.63) is 71.0 Å². The lowest BCUT2D eigenvalue weighted by atomic mass is 10.1. The van der Waals surface area contributed by atoms with E-state index in [1.54, 1.807) is 19.3 Å². The van der Waals surface area contributed by atoms with E-state index in [1.807, 2.05) is 47.4 Å². The molecule has 0 aliphatic carbocycles. The first-order valence-electron chi connectivity index (χ1n) is 8.35. The van der Waals surface area contributed by atoms with Crippen LogP contribution in [-0.2, 0) is 6.42 Å². The van der Waals surface area contributed by atoms with E-state index < -0.39 is 0 Å². The van der Waals surface area contributed by atoms with Crippen LogP contribution in [-0.4, -0.2) is 21.0 Å². The maximum atomic E-state index is 14.3. The molecule has 4 aromatic rings. The molecule has 0 N–H and O–H groups in total. The second kappa shape index (κ2) is 6.80. The Balaban J connectivity index is 1.91. The van der Waals surface area contributed by atoms with Crippen LogP contribution in [0.5, 0.6) is 0 Å². The zero-order chi connectivity index (χ0) is 18.1. The topological polar surface area (TPSA) is 43.1 Å². The third kappa shape index (κ3) is 2.93. The van der Waals surface area contributed by atoms with Gasteiger partial charge in [0.2, 0.25) is 4.80 Å². The summed E-state index contributed by atoms with van der Waals surface area (Å²) in [6.45, 7) is 1.94. The largest absolute Gasteiger partial charge is 0.264 e. The number of rotatable bonds is 3. The standard InChI is InChI=1S/C20H17FN4S/c1-3-13-4-5-15(11-18(13)21)19-24-20(22-2)26-25(19)17-7-6-14-8-9-23-12-16(14)10-17/h4-12H,3H2,1-2H3. The average Bonchev–Trinajstić information content (AvgIpc) is 3.12. The Labute approximate surface area is 154 Å². The first-order chi connectivity index (χ1) is 12.7. The van der Waals surface area contributed by atoms with Gasteiger partial charge in [0.25, 0.3) is 0 Å². The molecule has 4 rings (SSSR count). The molecule has 4 nitrogen and oxygen atoms in total. The van der Waals surface area contributed by atoms with Gasteiger partial charge < -0.3 is 0 Å². The van der Waals surface area contributed by atoms with E-state index in [9.17, 15) is 4.39 Å². The van der Waals surface area contributed by atoms with Crippen LogP contribution in [0, 0.1) is 5.82 Å². The van der Waals surface area contributed by atoms with E-state index in [1.165, 1.54) is 11.5 Å². The first-order valence-corrected chi connectivity index (χ1v) is 9.13. The van der Waals surface area contributed by atoms with Gasteiger partial charge in [-0.1, -0.05) is 25.1 Å². The van der Waals surface area contributed by atoms with E-state index in [0.717, 1.165) is 22.0 Å².